The molecule has 1 saturated heterocycles. The van der Waals surface area contributed by atoms with E-state index in [0.717, 1.165) is 54.8 Å². The van der Waals surface area contributed by atoms with Crippen LogP contribution in [0.1, 0.15) is 44.4 Å². The summed E-state index contributed by atoms with van der Waals surface area (Å²) in [5.74, 6) is 3.13. The van der Waals surface area contributed by atoms with Crippen LogP contribution in [-0.4, -0.2) is 53.7 Å². The molecule has 1 amide bonds. The maximum atomic E-state index is 12.7. The summed E-state index contributed by atoms with van der Waals surface area (Å²) in [6.45, 7) is 10.4. The van der Waals surface area contributed by atoms with E-state index < -0.39 is 0 Å². The van der Waals surface area contributed by atoms with E-state index in [1.54, 1.807) is 6.08 Å². The summed E-state index contributed by atoms with van der Waals surface area (Å²) < 4.78 is 16.6. The number of carbonyl (C=O) groups excluding carboxylic acids is 1. The molecule has 2 aliphatic heterocycles. The first-order valence-corrected chi connectivity index (χ1v) is 10.4. The zero-order chi connectivity index (χ0) is 21.1. The lowest BCUT2D eigenvalue weighted by Gasteiger charge is -2.20. The SMILES string of the molecule is CC(C)(C)c1cnc(CN2CCCN(C(=O)/C=C/c3ccc4c(c3)OCO4)CC2)o1. The monoisotopic (exact) mass is 411 g/mol. The number of nitrogens with zero attached hydrogens (tertiary/aromatic N) is 3. The molecule has 0 atom stereocenters. The Morgan fingerprint density at radius 1 is 1.13 bits per heavy atom. The largest absolute Gasteiger partial charge is 0.454 e. The van der Waals surface area contributed by atoms with Crippen LogP contribution in [0.25, 0.3) is 6.08 Å². The van der Waals surface area contributed by atoms with Crippen LogP contribution in [-0.2, 0) is 16.8 Å². The minimum absolute atomic E-state index is 0.0284. The van der Waals surface area contributed by atoms with Gasteiger partial charge in [0.1, 0.15) is 5.76 Å². The number of carbonyl (C=O) groups is 1. The predicted octanol–water partition coefficient (Wildman–Crippen LogP) is 3.45. The van der Waals surface area contributed by atoms with Gasteiger partial charge < -0.3 is 18.8 Å². The zero-order valence-electron chi connectivity index (χ0n) is 17.9. The van der Waals surface area contributed by atoms with E-state index in [9.17, 15) is 4.79 Å². The molecule has 1 aromatic heterocycles. The molecule has 0 spiro atoms. The summed E-state index contributed by atoms with van der Waals surface area (Å²) in [5, 5.41) is 0. The van der Waals surface area contributed by atoms with Crippen molar-refractivity contribution in [2.75, 3.05) is 33.0 Å². The summed E-state index contributed by atoms with van der Waals surface area (Å²) in [4.78, 5) is 21.3. The summed E-state index contributed by atoms with van der Waals surface area (Å²) in [6.07, 6.45) is 6.21. The number of aromatic nitrogens is 1. The van der Waals surface area contributed by atoms with Gasteiger partial charge in [0.05, 0.1) is 12.7 Å². The third-order valence-corrected chi connectivity index (χ3v) is 5.37. The Kier molecular flexibility index (Phi) is 5.81. The van der Waals surface area contributed by atoms with Crippen LogP contribution in [0.4, 0.5) is 0 Å². The molecule has 0 radical (unpaired) electrons. The molecule has 2 aliphatic rings. The average molecular weight is 412 g/mol. The molecular weight excluding hydrogens is 382 g/mol. The van der Waals surface area contributed by atoms with Crippen molar-refractivity contribution in [2.45, 2.75) is 39.2 Å². The fourth-order valence-corrected chi connectivity index (χ4v) is 3.56. The second-order valence-corrected chi connectivity index (χ2v) is 8.77. The molecule has 0 N–H and O–H groups in total. The molecule has 4 rings (SSSR count). The Bertz CT molecular complexity index is 929. The summed E-state index contributed by atoms with van der Waals surface area (Å²) in [6, 6.07) is 5.67. The van der Waals surface area contributed by atoms with Crippen LogP contribution in [0, 0.1) is 0 Å². The average Bonchev–Trinajstić information content (AvgIpc) is 3.31. The number of benzene rings is 1. The third kappa shape index (κ3) is 4.84. The minimum atomic E-state index is -0.0441. The van der Waals surface area contributed by atoms with E-state index in [0.29, 0.717) is 13.1 Å². The molecule has 0 saturated carbocycles. The van der Waals surface area contributed by atoms with E-state index in [-0.39, 0.29) is 18.1 Å². The molecule has 7 heteroatoms. The van der Waals surface area contributed by atoms with E-state index in [1.807, 2.05) is 35.4 Å². The highest BCUT2D eigenvalue weighted by Crippen LogP contribution is 2.32. The van der Waals surface area contributed by atoms with Crippen LogP contribution in [0.15, 0.2) is 34.9 Å². The van der Waals surface area contributed by atoms with E-state index in [4.69, 9.17) is 13.9 Å². The van der Waals surface area contributed by atoms with Crippen molar-refractivity contribution in [3.05, 3.63) is 47.7 Å². The number of rotatable bonds is 4. The van der Waals surface area contributed by atoms with Crippen LogP contribution < -0.4 is 9.47 Å². The van der Waals surface area contributed by atoms with Crippen molar-refractivity contribution in [1.82, 2.24) is 14.8 Å². The smallest absolute Gasteiger partial charge is 0.246 e. The molecule has 3 heterocycles. The quantitative estimate of drug-likeness (QED) is 0.718. The maximum Gasteiger partial charge on any atom is 0.246 e. The normalized spacial score (nSPS) is 17.5. The van der Waals surface area contributed by atoms with Gasteiger partial charge >= 0.3 is 0 Å². The Balaban J connectivity index is 1.31. The standard InChI is InChI=1S/C23H29N3O4/c1-23(2,3)20-14-24-21(30-20)15-25-9-4-10-26(12-11-25)22(27)8-6-17-5-7-18-19(13-17)29-16-28-18/h5-8,13-14H,4,9-12,15-16H2,1-3H3/b8-6+. The molecule has 1 fully saturated rings. The maximum absolute atomic E-state index is 12.7. The fraction of sp³-hybridized carbons (Fsp3) is 0.478. The van der Waals surface area contributed by atoms with Gasteiger partial charge in [-0.3, -0.25) is 9.69 Å². The Morgan fingerprint density at radius 2 is 1.97 bits per heavy atom. The van der Waals surface area contributed by atoms with Crippen molar-refractivity contribution in [3.63, 3.8) is 0 Å². The van der Waals surface area contributed by atoms with Crippen LogP contribution >= 0.6 is 0 Å². The summed E-state index contributed by atoms with van der Waals surface area (Å²) >= 11 is 0. The van der Waals surface area contributed by atoms with Crippen LogP contribution in [0.2, 0.25) is 0 Å². The second kappa shape index (κ2) is 8.52. The topological polar surface area (TPSA) is 68.0 Å². The molecule has 0 aliphatic carbocycles. The molecule has 0 unspecified atom stereocenters. The molecule has 30 heavy (non-hydrogen) atoms. The number of ether oxygens (including phenoxy) is 2. The fourth-order valence-electron chi connectivity index (χ4n) is 3.56. The highest BCUT2D eigenvalue weighted by Gasteiger charge is 2.22. The lowest BCUT2D eigenvalue weighted by atomic mass is 9.94. The number of fused-ring (bicyclic) bond motifs is 1. The Morgan fingerprint density at radius 3 is 2.77 bits per heavy atom. The first kappa shape index (κ1) is 20.5. The van der Waals surface area contributed by atoms with Gasteiger partial charge in [0.25, 0.3) is 0 Å². The first-order valence-electron chi connectivity index (χ1n) is 10.4. The van der Waals surface area contributed by atoms with Crippen molar-refractivity contribution in [1.29, 1.82) is 0 Å². The molecule has 2 aromatic rings. The highest BCUT2D eigenvalue weighted by molar-refractivity contribution is 5.91. The van der Waals surface area contributed by atoms with Crippen molar-refractivity contribution in [3.8, 4) is 11.5 Å². The second-order valence-electron chi connectivity index (χ2n) is 8.77. The van der Waals surface area contributed by atoms with E-state index in [1.165, 1.54) is 0 Å². The van der Waals surface area contributed by atoms with Crippen molar-refractivity contribution in [2.24, 2.45) is 0 Å². The lowest BCUT2D eigenvalue weighted by molar-refractivity contribution is -0.125. The van der Waals surface area contributed by atoms with Gasteiger partial charge in [-0.2, -0.15) is 0 Å². The molecule has 160 valence electrons. The Labute approximate surface area is 177 Å². The molecule has 7 nitrogen and oxygen atoms in total. The highest BCUT2D eigenvalue weighted by atomic mass is 16.7. The number of hydrogen-bond acceptors (Lipinski definition) is 6. The third-order valence-electron chi connectivity index (χ3n) is 5.37. The van der Waals surface area contributed by atoms with Gasteiger partial charge in [-0.15, -0.1) is 0 Å². The van der Waals surface area contributed by atoms with Crippen molar-refractivity contribution >= 4 is 12.0 Å². The minimum Gasteiger partial charge on any atom is -0.454 e. The van der Waals surface area contributed by atoms with Crippen LogP contribution in [0.3, 0.4) is 0 Å². The van der Waals surface area contributed by atoms with E-state index >= 15 is 0 Å². The predicted molar refractivity (Wildman–Crippen MR) is 113 cm³/mol. The summed E-state index contributed by atoms with van der Waals surface area (Å²) in [7, 11) is 0. The van der Waals surface area contributed by atoms with Gasteiger partial charge in [-0.25, -0.2) is 4.98 Å². The Hall–Kier alpha value is -2.80. The first-order chi connectivity index (χ1) is 14.4. The van der Waals surface area contributed by atoms with Crippen molar-refractivity contribution < 1.29 is 18.7 Å². The lowest BCUT2D eigenvalue weighted by Crippen LogP contribution is -2.34. The van der Waals surface area contributed by atoms with Gasteiger partial charge in [0.15, 0.2) is 11.5 Å². The van der Waals surface area contributed by atoms with E-state index in [2.05, 4.69) is 30.7 Å². The number of amides is 1. The number of hydrogen-bond donors (Lipinski definition) is 0. The molecular formula is C23H29N3O4. The number of oxazole rings is 1. The van der Waals surface area contributed by atoms with Gasteiger partial charge in [0.2, 0.25) is 18.6 Å². The van der Waals surface area contributed by atoms with Gasteiger partial charge in [-0.1, -0.05) is 26.8 Å². The molecule has 1 aromatic carbocycles. The van der Waals surface area contributed by atoms with Gasteiger partial charge in [0, 0.05) is 37.7 Å². The van der Waals surface area contributed by atoms with Gasteiger partial charge in [-0.05, 0) is 30.2 Å². The zero-order valence-corrected chi connectivity index (χ0v) is 17.9. The molecule has 0 bridgehead atoms. The van der Waals surface area contributed by atoms with Crippen LogP contribution in [0.5, 0.6) is 11.5 Å². The summed E-state index contributed by atoms with van der Waals surface area (Å²) in [5.41, 5.74) is 0.875.